The Morgan fingerprint density at radius 1 is 1.26 bits per heavy atom. The van der Waals surface area contributed by atoms with E-state index in [4.69, 9.17) is 9.47 Å². The molecular formula is C14H17N3O4S2. The highest BCUT2D eigenvalue weighted by molar-refractivity contribution is 7.92. The predicted molar refractivity (Wildman–Crippen MR) is 88.4 cm³/mol. The molecule has 1 heterocycles. The first kappa shape index (κ1) is 17.4. The van der Waals surface area contributed by atoms with Gasteiger partial charge in [0.1, 0.15) is 5.75 Å². The predicted octanol–water partition coefficient (Wildman–Crippen LogP) is 2.75. The molecule has 0 aliphatic heterocycles. The third kappa shape index (κ3) is 4.26. The maximum Gasteiger partial charge on any atom is 0.314 e. The Kier molecular flexibility index (Phi) is 5.67. The van der Waals surface area contributed by atoms with Crippen LogP contribution in [0.1, 0.15) is 19.8 Å². The Balaban J connectivity index is 2.30. The summed E-state index contributed by atoms with van der Waals surface area (Å²) in [5, 5.41) is 0. The highest BCUT2D eigenvalue weighted by atomic mass is 32.2. The van der Waals surface area contributed by atoms with Crippen molar-refractivity contribution in [1.82, 2.24) is 9.36 Å². The molecule has 0 saturated carbocycles. The fraction of sp³-hybridized carbons (Fsp3) is 0.357. The number of sulfonamides is 1. The molecule has 124 valence electrons. The summed E-state index contributed by atoms with van der Waals surface area (Å²) in [6, 6.07) is 7.04. The Morgan fingerprint density at radius 3 is 2.52 bits per heavy atom. The fourth-order valence-corrected chi connectivity index (χ4v) is 3.50. The minimum absolute atomic E-state index is 0.158. The molecule has 0 spiro atoms. The van der Waals surface area contributed by atoms with Crippen molar-refractivity contribution in [2.24, 2.45) is 4.40 Å². The van der Waals surface area contributed by atoms with Crippen LogP contribution in [0.3, 0.4) is 0 Å². The van der Waals surface area contributed by atoms with Crippen LogP contribution in [-0.2, 0) is 14.8 Å². The lowest BCUT2D eigenvalue weighted by Gasteiger charge is -2.02. The van der Waals surface area contributed by atoms with Gasteiger partial charge in [-0.15, -0.1) is 4.40 Å². The summed E-state index contributed by atoms with van der Waals surface area (Å²) in [6.45, 7) is 1.91. The molecule has 2 aromatic rings. The molecule has 9 heteroatoms. The van der Waals surface area contributed by atoms with Crippen LogP contribution in [-0.4, -0.2) is 37.9 Å². The minimum atomic E-state index is -3.91. The number of aromatic nitrogens is 2. The van der Waals surface area contributed by atoms with E-state index in [1.807, 2.05) is 6.92 Å². The van der Waals surface area contributed by atoms with Gasteiger partial charge in [-0.2, -0.15) is 12.8 Å². The second kappa shape index (κ2) is 7.51. The molecule has 0 N–H and O–H groups in total. The average Bonchev–Trinajstić information content (AvgIpc) is 3.05. The summed E-state index contributed by atoms with van der Waals surface area (Å²) >= 11 is 0.789. The molecule has 7 nitrogen and oxygen atoms in total. The molecule has 0 aliphatic rings. The Labute approximate surface area is 139 Å². The van der Waals surface area contributed by atoms with Gasteiger partial charge in [0.2, 0.25) is 0 Å². The van der Waals surface area contributed by atoms with Crippen LogP contribution in [0.15, 0.2) is 33.0 Å². The standard InChI is InChI=1S/C14H17N3O4S2/c1-4-5-12(21-3)17-23(18,19)14-15-13(16-22-14)10-6-8-11(20-2)9-7-10/h6-9H,4-5H2,1-3H3. The molecule has 0 fully saturated rings. The number of hydrogen-bond acceptors (Lipinski definition) is 7. The number of ether oxygens (including phenoxy) is 2. The van der Waals surface area contributed by atoms with Gasteiger partial charge in [-0.05, 0) is 30.7 Å². The second-order valence-electron chi connectivity index (χ2n) is 4.53. The summed E-state index contributed by atoms with van der Waals surface area (Å²) in [4.78, 5) is 4.07. The summed E-state index contributed by atoms with van der Waals surface area (Å²) in [6.07, 6.45) is 1.18. The van der Waals surface area contributed by atoms with Crippen molar-refractivity contribution in [1.29, 1.82) is 0 Å². The van der Waals surface area contributed by atoms with Gasteiger partial charge in [0.05, 0.1) is 14.2 Å². The van der Waals surface area contributed by atoms with Crippen LogP contribution < -0.4 is 4.74 Å². The molecule has 0 unspecified atom stereocenters. The van der Waals surface area contributed by atoms with Crippen LogP contribution in [0.25, 0.3) is 11.4 Å². The van der Waals surface area contributed by atoms with E-state index < -0.39 is 10.0 Å². The molecule has 23 heavy (non-hydrogen) atoms. The third-order valence-corrected chi connectivity index (χ3v) is 5.24. The quantitative estimate of drug-likeness (QED) is 0.584. The van der Waals surface area contributed by atoms with Gasteiger partial charge in [0, 0.05) is 23.5 Å². The number of hydrogen-bond donors (Lipinski definition) is 0. The fourth-order valence-electron chi connectivity index (χ4n) is 1.74. The van der Waals surface area contributed by atoms with Gasteiger partial charge < -0.3 is 9.47 Å². The van der Waals surface area contributed by atoms with Gasteiger partial charge in [0.15, 0.2) is 11.7 Å². The van der Waals surface area contributed by atoms with E-state index >= 15 is 0 Å². The zero-order valence-electron chi connectivity index (χ0n) is 13.0. The topological polar surface area (TPSA) is 90.7 Å². The van der Waals surface area contributed by atoms with Crippen molar-refractivity contribution in [3.63, 3.8) is 0 Å². The van der Waals surface area contributed by atoms with Gasteiger partial charge >= 0.3 is 10.0 Å². The van der Waals surface area contributed by atoms with Crippen molar-refractivity contribution in [2.75, 3.05) is 14.2 Å². The monoisotopic (exact) mass is 355 g/mol. The number of benzene rings is 1. The van der Waals surface area contributed by atoms with Crippen molar-refractivity contribution in [3.8, 4) is 17.1 Å². The molecule has 0 aliphatic carbocycles. The molecule has 0 atom stereocenters. The van der Waals surface area contributed by atoms with E-state index in [0.717, 1.165) is 18.0 Å². The van der Waals surface area contributed by atoms with Crippen molar-refractivity contribution in [3.05, 3.63) is 24.3 Å². The van der Waals surface area contributed by atoms with Crippen molar-refractivity contribution in [2.45, 2.75) is 24.1 Å². The van der Waals surface area contributed by atoms with Crippen LogP contribution >= 0.6 is 11.5 Å². The summed E-state index contributed by atoms with van der Waals surface area (Å²) in [5.41, 5.74) is 0.702. The lowest BCUT2D eigenvalue weighted by atomic mass is 10.2. The average molecular weight is 355 g/mol. The minimum Gasteiger partial charge on any atom is -0.497 e. The lowest BCUT2D eigenvalue weighted by Crippen LogP contribution is -2.06. The first-order valence-electron chi connectivity index (χ1n) is 6.86. The van der Waals surface area contributed by atoms with Gasteiger partial charge in [-0.1, -0.05) is 6.92 Å². The summed E-state index contributed by atoms with van der Waals surface area (Å²) in [7, 11) is -0.943. The SMILES string of the molecule is CCCC(=NS(=O)(=O)c1nc(-c2ccc(OC)cc2)ns1)OC. The Bertz CT molecular complexity index is 783. The molecule has 0 amide bonds. The first-order valence-corrected chi connectivity index (χ1v) is 9.07. The van der Waals surface area contributed by atoms with E-state index in [2.05, 4.69) is 13.8 Å². The van der Waals surface area contributed by atoms with Crippen LogP contribution in [0.4, 0.5) is 0 Å². The van der Waals surface area contributed by atoms with E-state index in [1.54, 1.807) is 31.4 Å². The van der Waals surface area contributed by atoms with E-state index in [-0.39, 0.29) is 10.2 Å². The van der Waals surface area contributed by atoms with Gasteiger partial charge in [-0.3, -0.25) is 0 Å². The van der Waals surface area contributed by atoms with Crippen molar-refractivity contribution < 1.29 is 17.9 Å². The summed E-state index contributed by atoms with van der Waals surface area (Å²) in [5.74, 6) is 1.19. The van der Waals surface area contributed by atoms with Crippen LogP contribution in [0.5, 0.6) is 5.75 Å². The third-order valence-electron chi connectivity index (χ3n) is 2.90. The van der Waals surface area contributed by atoms with E-state index in [0.29, 0.717) is 23.6 Å². The molecular weight excluding hydrogens is 338 g/mol. The maximum absolute atomic E-state index is 12.2. The smallest absolute Gasteiger partial charge is 0.314 e. The van der Waals surface area contributed by atoms with Crippen LogP contribution in [0, 0.1) is 0 Å². The molecule has 0 radical (unpaired) electrons. The van der Waals surface area contributed by atoms with Crippen LogP contribution in [0.2, 0.25) is 0 Å². The molecule has 1 aromatic heterocycles. The second-order valence-corrected chi connectivity index (χ2v) is 7.06. The van der Waals surface area contributed by atoms with E-state index in [1.165, 1.54) is 7.11 Å². The normalized spacial score (nSPS) is 12.2. The zero-order chi connectivity index (χ0) is 16.9. The zero-order valence-corrected chi connectivity index (χ0v) is 14.6. The molecule has 0 bridgehead atoms. The van der Waals surface area contributed by atoms with Crippen molar-refractivity contribution >= 4 is 27.5 Å². The Morgan fingerprint density at radius 2 is 1.96 bits per heavy atom. The highest BCUT2D eigenvalue weighted by Gasteiger charge is 2.21. The molecule has 1 aromatic carbocycles. The van der Waals surface area contributed by atoms with E-state index in [9.17, 15) is 8.42 Å². The molecule has 2 rings (SSSR count). The van der Waals surface area contributed by atoms with Gasteiger partial charge in [0.25, 0.3) is 4.34 Å². The molecule has 0 saturated heterocycles. The van der Waals surface area contributed by atoms with Gasteiger partial charge in [-0.25, -0.2) is 4.98 Å². The summed E-state index contributed by atoms with van der Waals surface area (Å²) < 4.78 is 42.1. The highest BCUT2D eigenvalue weighted by Crippen LogP contribution is 2.24. The largest absolute Gasteiger partial charge is 0.497 e. The Hall–Kier alpha value is -2.00. The number of methoxy groups -OCH3 is 2. The number of rotatable bonds is 6. The first-order chi connectivity index (χ1) is 11.0. The number of nitrogens with zero attached hydrogens (tertiary/aromatic N) is 3. The lowest BCUT2D eigenvalue weighted by molar-refractivity contribution is 0.390. The maximum atomic E-state index is 12.2.